The van der Waals surface area contributed by atoms with E-state index in [1.807, 2.05) is 0 Å². The maximum absolute atomic E-state index is 13.5. The third-order valence-electron chi connectivity index (χ3n) is 3.40. The highest BCUT2D eigenvalue weighted by Gasteiger charge is 2.36. The lowest BCUT2D eigenvalue weighted by Gasteiger charge is -2.10. The summed E-state index contributed by atoms with van der Waals surface area (Å²) < 4.78 is 46.1. The number of rotatable bonds is 5. The maximum Gasteiger partial charge on any atom is 0.433 e. The molecule has 0 unspecified atom stereocenters. The summed E-state index contributed by atoms with van der Waals surface area (Å²) in [4.78, 5) is 17.0. The summed E-state index contributed by atoms with van der Waals surface area (Å²) in [7, 11) is 1.47. The van der Waals surface area contributed by atoms with E-state index in [9.17, 15) is 18.0 Å². The fourth-order valence-electron chi connectivity index (χ4n) is 2.24. The minimum absolute atomic E-state index is 0.0832. The van der Waals surface area contributed by atoms with Gasteiger partial charge in [-0.25, -0.2) is 9.50 Å². The summed E-state index contributed by atoms with van der Waals surface area (Å²) in [6, 6.07) is 4.32. The Morgan fingerprint density at radius 3 is 2.85 bits per heavy atom. The van der Waals surface area contributed by atoms with Gasteiger partial charge in [0.05, 0.1) is 21.7 Å². The first-order valence-electron chi connectivity index (χ1n) is 7.30. The number of fused-ring (bicyclic) bond motifs is 1. The fourth-order valence-corrected chi connectivity index (χ4v) is 3.44. The van der Waals surface area contributed by atoms with Crippen molar-refractivity contribution in [1.29, 1.82) is 0 Å². The van der Waals surface area contributed by atoms with Gasteiger partial charge in [-0.15, -0.1) is 11.3 Å². The molecule has 26 heavy (non-hydrogen) atoms. The molecule has 6 nitrogen and oxygen atoms in total. The molecule has 3 heterocycles. The molecule has 0 saturated carbocycles. The molecule has 0 aliphatic heterocycles. The van der Waals surface area contributed by atoms with Gasteiger partial charge >= 0.3 is 6.18 Å². The Bertz CT molecular complexity index is 941. The Hall–Kier alpha value is -1.98. The highest BCUT2D eigenvalue weighted by atomic mass is 79.9. The van der Waals surface area contributed by atoms with Crippen LogP contribution in [0.15, 0.2) is 28.1 Å². The monoisotopic (exact) mass is 448 g/mol. The van der Waals surface area contributed by atoms with Crippen molar-refractivity contribution in [2.45, 2.75) is 6.18 Å². The highest BCUT2D eigenvalue weighted by molar-refractivity contribution is 9.10. The van der Waals surface area contributed by atoms with Crippen molar-refractivity contribution in [3.05, 3.63) is 39.4 Å². The maximum atomic E-state index is 13.5. The molecule has 0 spiro atoms. The molecule has 0 aliphatic carbocycles. The average Bonchev–Trinajstić information content (AvgIpc) is 3.22. The summed E-state index contributed by atoms with van der Waals surface area (Å²) in [6.45, 7) is 0.473. The molecule has 138 valence electrons. The quantitative estimate of drug-likeness (QED) is 0.605. The SMILES string of the molecule is COCCNC(=O)c1nn2c(C(F)(F)F)cc(-c3cccs3)nc2c1Br. The number of methoxy groups -OCH3 is 1. The third kappa shape index (κ3) is 3.60. The Labute approximate surface area is 158 Å². The predicted octanol–water partition coefficient (Wildman–Crippen LogP) is 3.62. The van der Waals surface area contributed by atoms with Gasteiger partial charge < -0.3 is 10.1 Å². The van der Waals surface area contributed by atoms with Gasteiger partial charge in [0.2, 0.25) is 0 Å². The van der Waals surface area contributed by atoms with Crippen LogP contribution in [0.2, 0.25) is 0 Å². The topological polar surface area (TPSA) is 68.5 Å². The smallest absolute Gasteiger partial charge is 0.383 e. The Morgan fingerprint density at radius 2 is 2.23 bits per heavy atom. The Kier molecular flexibility index (Phi) is 5.30. The standard InChI is InChI=1S/C15H12BrF3N4O2S/c1-25-5-4-20-14(24)12-11(16)13-21-8(9-3-2-6-26-9)7-10(15(17,18)19)23(13)22-12/h2-3,6-7H,4-5H2,1H3,(H,20,24). The molecule has 0 aliphatic rings. The van der Waals surface area contributed by atoms with Crippen LogP contribution in [0.5, 0.6) is 0 Å². The van der Waals surface area contributed by atoms with Crippen molar-refractivity contribution in [3.63, 3.8) is 0 Å². The van der Waals surface area contributed by atoms with E-state index < -0.39 is 17.8 Å². The van der Waals surface area contributed by atoms with Crippen LogP contribution >= 0.6 is 27.3 Å². The highest BCUT2D eigenvalue weighted by Crippen LogP contribution is 2.35. The number of ether oxygens (including phenoxy) is 1. The second kappa shape index (κ2) is 7.33. The van der Waals surface area contributed by atoms with Crippen LogP contribution in [0.1, 0.15) is 16.2 Å². The van der Waals surface area contributed by atoms with E-state index in [-0.39, 0.29) is 34.7 Å². The molecule has 0 aromatic carbocycles. The van der Waals surface area contributed by atoms with Gasteiger partial charge in [-0.05, 0) is 33.4 Å². The predicted molar refractivity (Wildman–Crippen MR) is 93.2 cm³/mol. The summed E-state index contributed by atoms with van der Waals surface area (Å²) in [5.74, 6) is -0.620. The number of amides is 1. The van der Waals surface area contributed by atoms with Gasteiger partial charge in [-0.1, -0.05) is 6.07 Å². The molecular formula is C15H12BrF3N4O2S. The number of aromatic nitrogens is 3. The molecule has 0 bridgehead atoms. The van der Waals surface area contributed by atoms with E-state index in [2.05, 4.69) is 31.3 Å². The number of hydrogen-bond acceptors (Lipinski definition) is 5. The summed E-state index contributed by atoms with van der Waals surface area (Å²) in [5, 5.41) is 8.09. The van der Waals surface area contributed by atoms with Crippen LogP contribution in [-0.2, 0) is 10.9 Å². The van der Waals surface area contributed by atoms with Crippen molar-refractivity contribution in [2.75, 3.05) is 20.3 Å². The zero-order valence-corrected chi connectivity index (χ0v) is 15.7. The average molecular weight is 449 g/mol. The first-order chi connectivity index (χ1) is 12.3. The van der Waals surface area contributed by atoms with Gasteiger partial charge in [0.1, 0.15) is 0 Å². The summed E-state index contributed by atoms with van der Waals surface area (Å²) in [6.07, 6.45) is -4.66. The third-order valence-corrected chi connectivity index (χ3v) is 5.03. The first kappa shape index (κ1) is 18.8. The molecule has 3 aromatic rings. The van der Waals surface area contributed by atoms with E-state index >= 15 is 0 Å². The lowest BCUT2D eigenvalue weighted by Crippen LogP contribution is -2.27. The van der Waals surface area contributed by atoms with E-state index in [1.54, 1.807) is 17.5 Å². The number of carbonyl (C=O) groups is 1. The van der Waals surface area contributed by atoms with Crippen LogP contribution in [0, 0.1) is 0 Å². The molecule has 1 amide bonds. The van der Waals surface area contributed by atoms with Crippen molar-refractivity contribution < 1.29 is 22.7 Å². The van der Waals surface area contributed by atoms with Crippen LogP contribution in [0.25, 0.3) is 16.2 Å². The first-order valence-corrected chi connectivity index (χ1v) is 8.97. The molecule has 0 saturated heterocycles. The molecule has 3 aromatic heterocycles. The van der Waals surface area contributed by atoms with Crippen molar-refractivity contribution in [2.24, 2.45) is 0 Å². The summed E-state index contributed by atoms with van der Waals surface area (Å²) >= 11 is 4.43. The Morgan fingerprint density at radius 1 is 1.46 bits per heavy atom. The molecule has 0 radical (unpaired) electrons. The zero-order valence-electron chi connectivity index (χ0n) is 13.3. The van der Waals surface area contributed by atoms with Gasteiger partial charge in [-0.2, -0.15) is 18.3 Å². The Balaban J connectivity index is 2.14. The second-order valence-corrected chi connectivity index (χ2v) is 6.89. The normalized spacial score (nSPS) is 11.9. The molecule has 11 heteroatoms. The minimum atomic E-state index is -4.66. The van der Waals surface area contributed by atoms with Crippen molar-refractivity contribution in [1.82, 2.24) is 19.9 Å². The lowest BCUT2D eigenvalue weighted by molar-refractivity contribution is -0.142. The molecule has 3 rings (SSSR count). The second-order valence-electron chi connectivity index (χ2n) is 5.15. The summed E-state index contributed by atoms with van der Waals surface area (Å²) in [5.41, 5.74) is -1.11. The number of nitrogens with zero attached hydrogens (tertiary/aromatic N) is 3. The van der Waals surface area contributed by atoms with Gasteiger partial charge in [0.25, 0.3) is 5.91 Å². The number of hydrogen-bond donors (Lipinski definition) is 1. The van der Waals surface area contributed by atoms with Crippen molar-refractivity contribution >= 4 is 38.8 Å². The van der Waals surface area contributed by atoms with E-state index in [1.165, 1.54) is 18.4 Å². The number of alkyl halides is 3. The number of thiophene rings is 1. The van der Waals surface area contributed by atoms with E-state index in [0.717, 1.165) is 6.07 Å². The largest absolute Gasteiger partial charge is 0.433 e. The molecule has 0 atom stereocenters. The molecule has 1 N–H and O–H groups in total. The van der Waals surface area contributed by atoms with Gasteiger partial charge in [0.15, 0.2) is 17.0 Å². The van der Waals surface area contributed by atoms with Crippen LogP contribution in [-0.4, -0.2) is 40.8 Å². The van der Waals surface area contributed by atoms with Crippen LogP contribution in [0.4, 0.5) is 13.2 Å². The number of halogens is 4. The van der Waals surface area contributed by atoms with Crippen molar-refractivity contribution in [3.8, 4) is 10.6 Å². The lowest BCUT2D eigenvalue weighted by atomic mass is 10.2. The number of nitrogens with one attached hydrogen (secondary N) is 1. The minimum Gasteiger partial charge on any atom is -0.383 e. The zero-order chi connectivity index (χ0) is 18.9. The molecule has 0 fully saturated rings. The van der Waals surface area contributed by atoms with Gasteiger partial charge in [0, 0.05) is 13.7 Å². The van der Waals surface area contributed by atoms with E-state index in [4.69, 9.17) is 4.74 Å². The number of carbonyl (C=O) groups excluding carboxylic acids is 1. The fraction of sp³-hybridized carbons (Fsp3) is 0.267. The van der Waals surface area contributed by atoms with Crippen LogP contribution in [0.3, 0.4) is 0 Å². The van der Waals surface area contributed by atoms with Gasteiger partial charge in [-0.3, -0.25) is 4.79 Å². The molecular weight excluding hydrogens is 437 g/mol. The van der Waals surface area contributed by atoms with Crippen LogP contribution < -0.4 is 5.32 Å². The van der Waals surface area contributed by atoms with E-state index in [0.29, 0.717) is 9.39 Å².